The number of carbonyl (C=O) groups is 2. The highest BCUT2D eigenvalue weighted by molar-refractivity contribution is 14.1. The van der Waals surface area contributed by atoms with Gasteiger partial charge in [-0.15, -0.1) is 0 Å². The van der Waals surface area contributed by atoms with Crippen LogP contribution >= 0.6 is 56.8 Å². The van der Waals surface area contributed by atoms with Gasteiger partial charge in [0.1, 0.15) is 11.5 Å². The summed E-state index contributed by atoms with van der Waals surface area (Å²) < 4.78 is 7.20. The zero-order valence-electron chi connectivity index (χ0n) is 14.7. The molecule has 0 bridgehead atoms. The van der Waals surface area contributed by atoms with Gasteiger partial charge in [-0.2, -0.15) is 0 Å². The first-order valence-corrected chi connectivity index (χ1v) is 10.5. The largest absolute Gasteiger partial charge is 0.507 e. The van der Waals surface area contributed by atoms with Gasteiger partial charge in [0.05, 0.1) is 12.7 Å². The minimum atomic E-state index is -0.406. The van der Waals surface area contributed by atoms with Crippen molar-refractivity contribution in [2.75, 3.05) is 7.11 Å². The average Bonchev–Trinajstić information content (AvgIpc) is 2.69. The van der Waals surface area contributed by atoms with Crippen LogP contribution in [-0.4, -0.2) is 23.2 Å². The van der Waals surface area contributed by atoms with Gasteiger partial charge in [0.2, 0.25) is 0 Å². The Balaban J connectivity index is 0.000000237. The second kappa shape index (κ2) is 10.8. The molecule has 4 nitrogen and oxygen atoms in total. The number of methoxy groups -OCH3 is 1. The van der Waals surface area contributed by atoms with E-state index in [1.165, 1.54) is 19.2 Å². The fourth-order valence-electron chi connectivity index (χ4n) is 2.16. The van der Waals surface area contributed by atoms with Crippen molar-refractivity contribution in [2.24, 2.45) is 0 Å². The fourth-order valence-corrected chi connectivity index (χ4v) is 3.01. The summed E-state index contributed by atoms with van der Waals surface area (Å²) in [6.07, 6.45) is 0. The van der Waals surface area contributed by atoms with E-state index in [0.29, 0.717) is 16.9 Å². The summed E-state index contributed by atoms with van der Waals surface area (Å²) >= 11 is 9.55. The summed E-state index contributed by atoms with van der Waals surface area (Å²) in [6.45, 7) is 0. The summed E-state index contributed by atoms with van der Waals surface area (Å²) in [4.78, 5) is 22.7. The Morgan fingerprint density at radius 3 is 1.82 bits per heavy atom. The molecule has 1 N–H and O–H groups in total. The molecule has 0 heterocycles. The summed E-state index contributed by atoms with van der Waals surface area (Å²) in [5.41, 5.74) is 1.33. The number of phenols is 1. The van der Waals surface area contributed by atoms with E-state index in [1.54, 1.807) is 30.3 Å². The molecule has 0 spiro atoms. The lowest BCUT2D eigenvalue weighted by atomic mass is 10.0. The lowest BCUT2D eigenvalue weighted by Gasteiger charge is -2.06. The SMILES string of the molecule is COc1ccc(O)c(C(=O)c2ccc(I)cc2)c1.O=C(Cl)c1ccc(I)cc1. The third-order valence-corrected chi connectivity index (χ3v) is 5.28. The van der Waals surface area contributed by atoms with Crippen LogP contribution < -0.4 is 4.74 Å². The minimum Gasteiger partial charge on any atom is -0.507 e. The number of rotatable bonds is 4. The first-order valence-electron chi connectivity index (χ1n) is 7.94. The summed E-state index contributed by atoms with van der Waals surface area (Å²) in [5.74, 6) is 0.281. The van der Waals surface area contributed by atoms with Crippen molar-refractivity contribution in [3.63, 3.8) is 0 Å². The van der Waals surface area contributed by atoms with E-state index in [9.17, 15) is 14.7 Å². The molecule has 3 rings (SSSR count). The Bertz CT molecular complexity index is 971. The maximum atomic E-state index is 12.2. The van der Waals surface area contributed by atoms with Crippen LogP contribution in [0.15, 0.2) is 66.7 Å². The van der Waals surface area contributed by atoms with Gasteiger partial charge in [0.15, 0.2) is 5.78 Å². The molecule has 0 aromatic heterocycles. The minimum absolute atomic E-state index is 0.0423. The average molecular weight is 621 g/mol. The number of phenolic OH excluding ortho intramolecular Hbond substituents is 1. The standard InChI is InChI=1S/C14H11IO3.C7H4ClIO/c1-18-11-6-7-13(16)12(8-11)14(17)9-2-4-10(15)5-3-9;8-7(10)5-1-3-6(9)4-2-5/h2-8,16H,1H3;1-4H. The quantitative estimate of drug-likeness (QED) is 0.224. The van der Waals surface area contributed by atoms with Gasteiger partial charge in [-0.25, -0.2) is 0 Å². The normalized spacial score (nSPS) is 9.86. The van der Waals surface area contributed by atoms with E-state index < -0.39 is 5.24 Å². The van der Waals surface area contributed by atoms with Gasteiger partial charge in [0, 0.05) is 18.3 Å². The molecule has 0 unspecified atom stereocenters. The van der Waals surface area contributed by atoms with Crippen LogP contribution in [0.3, 0.4) is 0 Å². The van der Waals surface area contributed by atoms with Crippen LogP contribution in [0.4, 0.5) is 0 Å². The lowest BCUT2D eigenvalue weighted by molar-refractivity contribution is 0.103. The molecule has 0 atom stereocenters. The van der Waals surface area contributed by atoms with Gasteiger partial charge in [-0.05, 0) is 124 Å². The highest BCUT2D eigenvalue weighted by Gasteiger charge is 2.14. The fraction of sp³-hybridized carbons (Fsp3) is 0.0476. The molecule has 7 heteroatoms. The number of hydrogen-bond donors (Lipinski definition) is 1. The molecular weight excluding hydrogens is 605 g/mol. The molecule has 0 aliphatic carbocycles. The first-order chi connectivity index (χ1) is 13.3. The van der Waals surface area contributed by atoms with Crippen molar-refractivity contribution in [1.82, 2.24) is 0 Å². The van der Waals surface area contributed by atoms with Gasteiger partial charge >= 0.3 is 0 Å². The summed E-state index contributed by atoms with van der Waals surface area (Å²) in [6, 6.07) is 18.9. The molecule has 0 amide bonds. The lowest BCUT2D eigenvalue weighted by Crippen LogP contribution is -2.02. The molecule has 0 aliphatic heterocycles. The molecule has 144 valence electrons. The summed E-state index contributed by atoms with van der Waals surface area (Å²) in [5, 5.41) is 9.33. The highest BCUT2D eigenvalue weighted by atomic mass is 127. The first kappa shape index (κ1) is 22.6. The van der Waals surface area contributed by atoms with Crippen LogP contribution in [0.5, 0.6) is 11.5 Å². The predicted octanol–water partition coefficient (Wildman–Crippen LogP) is 5.91. The molecule has 0 fully saturated rings. The van der Waals surface area contributed by atoms with Crippen molar-refractivity contribution in [3.05, 3.63) is 90.6 Å². The van der Waals surface area contributed by atoms with E-state index >= 15 is 0 Å². The second-order valence-corrected chi connectivity index (χ2v) is 8.33. The van der Waals surface area contributed by atoms with Crippen LogP contribution in [0.2, 0.25) is 0 Å². The molecule has 0 radical (unpaired) electrons. The number of aromatic hydroxyl groups is 1. The third-order valence-electron chi connectivity index (χ3n) is 3.63. The number of halogens is 3. The smallest absolute Gasteiger partial charge is 0.252 e. The summed E-state index contributed by atoms with van der Waals surface area (Å²) in [7, 11) is 1.52. The number of hydrogen-bond acceptors (Lipinski definition) is 4. The Labute approximate surface area is 195 Å². The van der Waals surface area contributed by atoms with Gasteiger partial charge in [-0.1, -0.05) is 0 Å². The Hall–Kier alpha value is -1.65. The number of ether oxygens (including phenoxy) is 1. The maximum Gasteiger partial charge on any atom is 0.252 e. The molecule has 3 aromatic rings. The third kappa shape index (κ3) is 6.46. The Morgan fingerprint density at radius 2 is 1.36 bits per heavy atom. The van der Waals surface area contributed by atoms with Crippen LogP contribution in [0, 0.1) is 7.14 Å². The van der Waals surface area contributed by atoms with Gasteiger partial charge in [0.25, 0.3) is 5.24 Å². The number of ketones is 1. The monoisotopic (exact) mass is 620 g/mol. The Morgan fingerprint density at radius 1 is 0.857 bits per heavy atom. The maximum absolute atomic E-state index is 12.2. The number of carbonyl (C=O) groups excluding carboxylic acids is 2. The van der Waals surface area contributed by atoms with Crippen molar-refractivity contribution in [1.29, 1.82) is 0 Å². The van der Waals surface area contributed by atoms with Crippen molar-refractivity contribution < 1.29 is 19.4 Å². The Kier molecular flexibility index (Phi) is 8.71. The second-order valence-electron chi connectivity index (χ2n) is 5.50. The van der Waals surface area contributed by atoms with E-state index in [0.717, 1.165) is 7.14 Å². The molecule has 0 saturated heterocycles. The molecule has 3 aromatic carbocycles. The van der Waals surface area contributed by atoms with Gasteiger partial charge in [-0.3, -0.25) is 9.59 Å². The predicted molar refractivity (Wildman–Crippen MR) is 127 cm³/mol. The van der Waals surface area contributed by atoms with Gasteiger partial charge < -0.3 is 9.84 Å². The molecule has 0 saturated carbocycles. The van der Waals surface area contributed by atoms with Crippen LogP contribution in [0.1, 0.15) is 26.3 Å². The van der Waals surface area contributed by atoms with E-state index in [4.69, 9.17) is 16.3 Å². The zero-order valence-corrected chi connectivity index (χ0v) is 19.7. The highest BCUT2D eigenvalue weighted by Crippen LogP contribution is 2.25. The van der Waals surface area contributed by atoms with E-state index in [-0.39, 0.29) is 17.1 Å². The van der Waals surface area contributed by atoms with Crippen molar-refractivity contribution >= 4 is 67.8 Å². The molecule has 28 heavy (non-hydrogen) atoms. The van der Waals surface area contributed by atoms with Crippen LogP contribution in [0.25, 0.3) is 0 Å². The molecule has 0 aliphatic rings. The zero-order chi connectivity index (χ0) is 20.7. The molecular formula is C21H15ClI2O4. The van der Waals surface area contributed by atoms with Crippen LogP contribution in [-0.2, 0) is 0 Å². The van der Waals surface area contributed by atoms with E-state index in [2.05, 4.69) is 45.2 Å². The van der Waals surface area contributed by atoms with Crippen molar-refractivity contribution in [2.45, 2.75) is 0 Å². The topological polar surface area (TPSA) is 63.6 Å². The van der Waals surface area contributed by atoms with E-state index in [1.807, 2.05) is 24.3 Å². The van der Waals surface area contributed by atoms with Crippen molar-refractivity contribution in [3.8, 4) is 11.5 Å². The number of benzene rings is 3.